The van der Waals surface area contributed by atoms with E-state index in [2.05, 4.69) is 11.2 Å². The van der Waals surface area contributed by atoms with Crippen LogP contribution in [0.5, 0.6) is 0 Å². The molecule has 0 amide bonds. The van der Waals surface area contributed by atoms with E-state index >= 15 is 0 Å². The third kappa shape index (κ3) is 0.935. The van der Waals surface area contributed by atoms with E-state index in [-0.39, 0.29) is 0 Å². The fraction of sp³-hybridized carbons (Fsp3) is 0. The molecule has 2 rings (SSSR count). The Labute approximate surface area is 67.7 Å². The average molecular weight is 163 g/mol. The molecule has 0 aliphatic rings. The Kier molecular flexibility index (Phi) is 1.43. The first-order valence-corrected chi connectivity index (χ1v) is 3.94. The van der Waals surface area contributed by atoms with Crippen LogP contribution in [0.2, 0.25) is 0 Å². The summed E-state index contributed by atoms with van der Waals surface area (Å²) in [4.78, 5) is 3.53. The van der Waals surface area contributed by atoms with Gasteiger partial charge in [-0.15, -0.1) is 0 Å². The van der Waals surface area contributed by atoms with Crippen LogP contribution in [0.15, 0.2) is 29.2 Å². The summed E-state index contributed by atoms with van der Waals surface area (Å²) in [5.74, 6) is 0. The maximum absolute atomic E-state index is 10.5. The highest BCUT2D eigenvalue weighted by Gasteiger charge is 2.13. The molecule has 2 aromatic rings. The minimum Gasteiger partial charge on any atom is -0.348 e. The van der Waals surface area contributed by atoms with Gasteiger partial charge in [0.25, 0.3) is 0 Å². The monoisotopic (exact) mass is 163 g/mol. The zero-order valence-electron chi connectivity index (χ0n) is 5.63. The van der Waals surface area contributed by atoms with Gasteiger partial charge in [-0.3, -0.25) is 0 Å². The lowest BCUT2D eigenvalue weighted by Gasteiger charge is -1.81. The summed E-state index contributed by atoms with van der Waals surface area (Å²) in [5, 5.41) is 0.951. The van der Waals surface area contributed by atoms with Gasteiger partial charge in [0.1, 0.15) is 6.20 Å². The van der Waals surface area contributed by atoms with Gasteiger partial charge in [0.15, 0.2) is 0 Å². The van der Waals surface area contributed by atoms with Crippen LogP contribution in [-0.2, 0) is 15.9 Å². The molecule has 0 aliphatic carbocycles. The van der Waals surface area contributed by atoms with Crippen molar-refractivity contribution in [3.05, 3.63) is 30.5 Å². The quantitative estimate of drug-likeness (QED) is 0.638. The maximum atomic E-state index is 10.5. The first-order valence-electron chi connectivity index (χ1n) is 3.20. The Morgan fingerprint density at radius 2 is 2.18 bits per heavy atom. The van der Waals surface area contributed by atoms with Crippen molar-refractivity contribution in [3.8, 4) is 0 Å². The number of benzene rings is 1. The van der Waals surface area contributed by atoms with Crippen LogP contribution in [0.3, 0.4) is 0 Å². The van der Waals surface area contributed by atoms with Crippen molar-refractivity contribution in [3.63, 3.8) is 0 Å². The molecule has 11 heavy (non-hydrogen) atoms. The largest absolute Gasteiger partial charge is 0.508 e. The zero-order valence-corrected chi connectivity index (χ0v) is 6.44. The van der Waals surface area contributed by atoms with Gasteiger partial charge in [0.2, 0.25) is 0 Å². The van der Waals surface area contributed by atoms with Crippen molar-refractivity contribution < 1.29 is 4.21 Å². The molecule has 0 atom stereocenters. The Balaban J connectivity index is 2.86. The third-order valence-electron chi connectivity index (χ3n) is 1.57. The molecule has 53 valence electrons. The molecule has 1 N–H and O–H groups in total. The molecule has 0 aliphatic heterocycles. The number of para-hydroxylation sites is 1. The molecule has 0 saturated heterocycles. The minimum absolute atomic E-state index is 0.468. The molecule has 1 radical (unpaired) electrons. The van der Waals surface area contributed by atoms with Gasteiger partial charge < -0.3 is 4.98 Å². The first kappa shape index (κ1) is 6.49. The van der Waals surface area contributed by atoms with Gasteiger partial charge in [-0.1, -0.05) is 12.1 Å². The Hall–Kier alpha value is -1.22. The van der Waals surface area contributed by atoms with E-state index in [0.717, 1.165) is 10.9 Å². The molecule has 1 aromatic carbocycles. The molecule has 1 heterocycles. The molecule has 0 spiro atoms. The maximum Gasteiger partial charge on any atom is 0.508 e. The molecule has 0 unspecified atom stereocenters. The predicted molar refractivity (Wildman–Crippen MR) is 43.5 cm³/mol. The average Bonchev–Trinajstić information content (AvgIpc) is 2.47. The number of nitrogens with one attached hydrogen (secondary N) is 1. The molecular formula is C8H5NOS+. The van der Waals surface area contributed by atoms with Crippen LogP contribution in [0, 0.1) is 6.20 Å². The second kappa shape index (κ2) is 2.43. The number of rotatable bonds is 1. The third-order valence-corrected chi connectivity index (χ3v) is 2.05. The molecule has 3 heteroatoms. The van der Waals surface area contributed by atoms with E-state index in [4.69, 9.17) is 0 Å². The van der Waals surface area contributed by atoms with Crippen LogP contribution in [0.4, 0.5) is 0 Å². The van der Waals surface area contributed by atoms with Crippen molar-refractivity contribution in [1.82, 2.24) is 4.98 Å². The van der Waals surface area contributed by atoms with Crippen molar-refractivity contribution in [2.24, 2.45) is 0 Å². The van der Waals surface area contributed by atoms with Gasteiger partial charge in [-0.25, -0.2) is 0 Å². The summed E-state index contributed by atoms with van der Waals surface area (Å²) in [6, 6.07) is 7.66. The normalized spacial score (nSPS) is 10.2. The van der Waals surface area contributed by atoms with Crippen LogP contribution in [0.1, 0.15) is 0 Å². The van der Waals surface area contributed by atoms with Crippen LogP contribution in [0.25, 0.3) is 10.9 Å². The Morgan fingerprint density at radius 3 is 3.00 bits per heavy atom. The second-order valence-electron chi connectivity index (χ2n) is 2.21. The highest BCUT2D eigenvalue weighted by Crippen LogP contribution is 2.16. The first-order chi connectivity index (χ1) is 5.42. The number of hydrogen-bond donors (Lipinski definition) is 1. The Morgan fingerprint density at radius 1 is 1.36 bits per heavy atom. The lowest BCUT2D eigenvalue weighted by molar-refractivity contribution is 0.605. The predicted octanol–water partition coefficient (Wildman–Crippen LogP) is 1.76. The standard InChI is InChI=1S/C8H5NOS/c10-11-8-5-9-7-4-2-1-3-6(7)8/h1-4,9H/q+1. The van der Waals surface area contributed by atoms with E-state index in [1.807, 2.05) is 24.3 Å². The highest BCUT2D eigenvalue weighted by atomic mass is 32.1. The summed E-state index contributed by atoms with van der Waals surface area (Å²) >= 11 is 0.468. The van der Waals surface area contributed by atoms with E-state index < -0.39 is 0 Å². The Bertz CT molecular complexity index is 394. The van der Waals surface area contributed by atoms with E-state index in [1.165, 1.54) is 0 Å². The number of hydrogen-bond acceptors (Lipinski definition) is 1. The fourth-order valence-corrected chi connectivity index (χ4v) is 1.41. The number of aromatic amines is 1. The summed E-state index contributed by atoms with van der Waals surface area (Å²) in [6.45, 7) is 0. The number of aromatic nitrogens is 1. The topological polar surface area (TPSA) is 32.9 Å². The molecule has 2 nitrogen and oxygen atoms in total. The number of H-pyrrole nitrogens is 1. The number of fused-ring (bicyclic) bond motifs is 1. The smallest absolute Gasteiger partial charge is 0.348 e. The molecule has 0 fully saturated rings. The molecule has 0 saturated carbocycles. The van der Waals surface area contributed by atoms with E-state index in [1.54, 1.807) is 0 Å². The zero-order chi connectivity index (χ0) is 7.68. The summed E-state index contributed by atoms with van der Waals surface area (Å²) in [6.07, 6.45) is 2.79. The summed E-state index contributed by atoms with van der Waals surface area (Å²) < 4.78 is 10.5. The lowest BCUT2D eigenvalue weighted by Crippen LogP contribution is -1.67. The lowest BCUT2D eigenvalue weighted by atomic mass is 10.2. The van der Waals surface area contributed by atoms with Crippen LogP contribution < -0.4 is 0 Å². The van der Waals surface area contributed by atoms with E-state index in [9.17, 15) is 4.21 Å². The van der Waals surface area contributed by atoms with E-state index in [0.29, 0.717) is 16.6 Å². The van der Waals surface area contributed by atoms with Gasteiger partial charge in [0, 0.05) is 4.21 Å². The van der Waals surface area contributed by atoms with Crippen molar-refractivity contribution >= 4 is 22.6 Å². The van der Waals surface area contributed by atoms with Crippen molar-refractivity contribution in [2.75, 3.05) is 0 Å². The second-order valence-corrected chi connectivity index (χ2v) is 2.78. The van der Waals surface area contributed by atoms with Gasteiger partial charge in [0.05, 0.1) is 10.9 Å². The van der Waals surface area contributed by atoms with Crippen molar-refractivity contribution in [2.45, 2.75) is 4.90 Å². The SMILES string of the molecule is O=[S+]c1[c][nH]c2ccccc12. The molecule has 0 bridgehead atoms. The molecule has 1 aromatic heterocycles. The van der Waals surface area contributed by atoms with Gasteiger partial charge in [-0.2, -0.15) is 0 Å². The van der Waals surface area contributed by atoms with Crippen LogP contribution >= 0.6 is 0 Å². The molecular weight excluding hydrogens is 158 g/mol. The van der Waals surface area contributed by atoms with Gasteiger partial charge in [-0.05, 0) is 12.1 Å². The summed E-state index contributed by atoms with van der Waals surface area (Å²) in [7, 11) is 0. The highest BCUT2D eigenvalue weighted by molar-refractivity contribution is 7.65. The summed E-state index contributed by atoms with van der Waals surface area (Å²) in [5.41, 5.74) is 0.964. The fourth-order valence-electron chi connectivity index (χ4n) is 1.05. The van der Waals surface area contributed by atoms with Gasteiger partial charge >= 0.3 is 16.6 Å². The van der Waals surface area contributed by atoms with Crippen molar-refractivity contribution in [1.29, 1.82) is 0 Å². The van der Waals surface area contributed by atoms with Crippen LogP contribution in [-0.4, -0.2) is 4.98 Å². The minimum atomic E-state index is 0.468.